The van der Waals surface area contributed by atoms with Gasteiger partial charge in [-0.05, 0) is 55.9 Å². The van der Waals surface area contributed by atoms with E-state index in [4.69, 9.17) is 4.74 Å². The van der Waals surface area contributed by atoms with Crippen LogP contribution in [-0.4, -0.2) is 80.3 Å². The summed E-state index contributed by atoms with van der Waals surface area (Å²) in [5.74, 6) is 2.27. The number of anilines is 1. The van der Waals surface area contributed by atoms with E-state index < -0.39 is 6.09 Å². The first-order valence-corrected chi connectivity index (χ1v) is 11.3. The van der Waals surface area contributed by atoms with Crippen molar-refractivity contribution in [3.8, 4) is 11.7 Å². The highest BCUT2D eigenvalue weighted by molar-refractivity contribution is 5.87. The van der Waals surface area contributed by atoms with Crippen molar-refractivity contribution in [2.75, 3.05) is 44.3 Å². The van der Waals surface area contributed by atoms with Crippen LogP contribution in [0, 0.1) is 13.8 Å². The van der Waals surface area contributed by atoms with Crippen LogP contribution < -0.4 is 4.90 Å². The molecule has 2 N–H and O–H groups in total. The van der Waals surface area contributed by atoms with Gasteiger partial charge in [-0.1, -0.05) is 0 Å². The lowest BCUT2D eigenvalue weighted by Crippen LogP contribution is -2.37. The van der Waals surface area contributed by atoms with Crippen LogP contribution in [0.15, 0.2) is 18.2 Å². The van der Waals surface area contributed by atoms with Crippen molar-refractivity contribution >= 4 is 22.8 Å². The molecule has 0 radical (unpaired) electrons. The second kappa shape index (κ2) is 8.51. The van der Waals surface area contributed by atoms with Gasteiger partial charge in [0.2, 0.25) is 5.88 Å². The summed E-state index contributed by atoms with van der Waals surface area (Å²) in [6.45, 7) is 7.77. The summed E-state index contributed by atoms with van der Waals surface area (Å²) in [6, 6.07) is 5.93. The lowest BCUT2D eigenvalue weighted by Gasteiger charge is -2.31. The highest BCUT2D eigenvalue weighted by Gasteiger charge is 2.26. The molecule has 0 spiro atoms. The van der Waals surface area contributed by atoms with E-state index in [1.807, 2.05) is 26.0 Å². The molecule has 0 aliphatic carbocycles. The van der Waals surface area contributed by atoms with E-state index in [2.05, 4.69) is 26.0 Å². The normalized spacial score (nSPS) is 17.6. The lowest BCUT2D eigenvalue weighted by atomic mass is 9.86. The Balaban J connectivity index is 1.54. The van der Waals surface area contributed by atoms with E-state index in [0.29, 0.717) is 43.3 Å². The Labute approximate surface area is 191 Å². The second-order valence-electron chi connectivity index (χ2n) is 8.74. The highest BCUT2D eigenvalue weighted by Crippen LogP contribution is 2.36. The van der Waals surface area contributed by atoms with Crippen LogP contribution in [0.4, 0.5) is 10.6 Å². The van der Waals surface area contributed by atoms with E-state index in [9.17, 15) is 15.0 Å². The molecule has 3 aromatic rings. The number of morpholine rings is 1. The van der Waals surface area contributed by atoms with Gasteiger partial charge in [0.25, 0.3) is 0 Å². The smallest absolute Gasteiger partial charge is 0.407 e. The molecule has 5 rings (SSSR count). The molecule has 2 saturated heterocycles. The molecule has 0 bridgehead atoms. The number of fused-ring (bicyclic) bond motifs is 1. The van der Waals surface area contributed by atoms with Crippen molar-refractivity contribution in [2.45, 2.75) is 32.6 Å². The van der Waals surface area contributed by atoms with Gasteiger partial charge in [0.05, 0.1) is 24.1 Å². The second-order valence-corrected chi connectivity index (χ2v) is 8.74. The van der Waals surface area contributed by atoms with E-state index >= 15 is 0 Å². The van der Waals surface area contributed by atoms with E-state index in [0.717, 1.165) is 48.4 Å². The van der Waals surface area contributed by atoms with Gasteiger partial charge in [-0.2, -0.15) is 0 Å². The number of aryl methyl sites for hydroxylation is 2. The Hall–Kier alpha value is -3.40. The van der Waals surface area contributed by atoms with Crippen LogP contribution in [-0.2, 0) is 4.74 Å². The van der Waals surface area contributed by atoms with Gasteiger partial charge in [0, 0.05) is 32.2 Å². The number of aromatic nitrogens is 4. The first kappa shape index (κ1) is 21.4. The molecule has 174 valence electrons. The van der Waals surface area contributed by atoms with Crippen molar-refractivity contribution in [1.82, 2.24) is 24.6 Å². The number of nitrogens with zero attached hydrogens (tertiary/aromatic N) is 6. The Morgan fingerprint density at radius 1 is 1.03 bits per heavy atom. The van der Waals surface area contributed by atoms with Crippen LogP contribution in [0.25, 0.3) is 16.7 Å². The summed E-state index contributed by atoms with van der Waals surface area (Å²) < 4.78 is 7.14. The van der Waals surface area contributed by atoms with Crippen molar-refractivity contribution in [2.24, 2.45) is 0 Å². The van der Waals surface area contributed by atoms with Crippen LogP contribution in [0.1, 0.15) is 35.7 Å². The number of likely N-dealkylation sites (tertiary alicyclic amines) is 1. The number of piperidine rings is 1. The minimum Gasteiger partial charge on any atom is -0.492 e. The van der Waals surface area contributed by atoms with Gasteiger partial charge in [0.15, 0.2) is 5.82 Å². The average Bonchev–Trinajstić information content (AvgIpc) is 3.14. The summed E-state index contributed by atoms with van der Waals surface area (Å²) in [7, 11) is 0. The summed E-state index contributed by atoms with van der Waals surface area (Å²) in [5.41, 5.74) is 3.01. The van der Waals surface area contributed by atoms with Gasteiger partial charge in [0.1, 0.15) is 11.6 Å². The van der Waals surface area contributed by atoms with Gasteiger partial charge in [-0.15, -0.1) is 5.10 Å². The molecule has 0 atom stereocenters. The van der Waals surface area contributed by atoms with Crippen molar-refractivity contribution in [3.05, 3.63) is 35.2 Å². The maximum absolute atomic E-state index is 11.3. The van der Waals surface area contributed by atoms with Crippen molar-refractivity contribution in [1.29, 1.82) is 0 Å². The lowest BCUT2D eigenvalue weighted by molar-refractivity contribution is 0.122. The molecule has 1 amide bonds. The molecular formula is C23H28N6O4. The molecular weight excluding hydrogens is 424 g/mol. The first-order valence-electron chi connectivity index (χ1n) is 11.3. The van der Waals surface area contributed by atoms with Gasteiger partial charge < -0.3 is 24.7 Å². The molecule has 2 fully saturated rings. The molecule has 2 aliphatic rings. The molecule has 10 heteroatoms. The zero-order valence-electron chi connectivity index (χ0n) is 18.9. The predicted molar refractivity (Wildman–Crippen MR) is 122 cm³/mol. The van der Waals surface area contributed by atoms with E-state index in [1.54, 1.807) is 4.68 Å². The number of ether oxygens (including phenoxy) is 1. The number of amides is 1. The minimum atomic E-state index is -0.862. The number of benzene rings is 1. The summed E-state index contributed by atoms with van der Waals surface area (Å²) in [4.78, 5) is 24.1. The van der Waals surface area contributed by atoms with Gasteiger partial charge >= 0.3 is 6.09 Å². The van der Waals surface area contributed by atoms with Crippen molar-refractivity contribution < 1.29 is 19.7 Å². The predicted octanol–water partition coefficient (Wildman–Crippen LogP) is 2.83. The zero-order valence-corrected chi connectivity index (χ0v) is 18.9. The Morgan fingerprint density at radius 2 is 1.73 bits per heavy atom. The first-order chi connectivity index (χ1) is 15.9. The van der Waals surface area contributed by atoms with Crippen LogP contribution >= 0.6 is 0 Å². The molecule has 4 heterocycles. The number of rotatable bonds is 3. The monoisotopic (exact) mass is 452 g/mol. The Morgan fingerprint density at radius 3 is 2.42 bits per heavy atom. The largest absolute Gasteiger partial charge is 0.492 e. The third-order valence-corrected chi connectivity index (χ3v) is 6.62. The molecule has 2 aromatic heterocycles. The Kier molecular flexibility index (Phi) is 5.53. The fourth-order valence-electron chi connectivity index (χ4n) is 4.87. The zero-order chi connectivity index (χ0) is 23.1. The highest BCUT2D eigenvalue weighted by atomic mass is 16.5. The summed E-state index contributed by atoms with van der Waals surface area (Å²) in [6.07, 6.45) is 0.679. The maximum Gasteiger partial charge on any atom is 0.407 e. The number of hydrogen-bond acceptors (Lipinski definition) is 7. The minimum absolute atomic E-state index is 0.0375. The molecule has 0 saturated carbocycles. The molecule has 10 nitrogen and oxygen atoms in total. The topological polar surface area (TPSA) is 117 Å². The average molecular weight is 453 g/mol. The molecule has 1 aromatic carbocycles. The fourth-order valence-corrected chi connectivity index (χ4v) is 4.87. The molecule has 33 heavy (non-hydrogen) atoms. The summed E-state index contributed by atoms with van der Waals surface area (Å²) in [5, 5.41) is 24.9. The quantitative estimate of drug-likeness (QED) is 0.623. The number of aromatic hydroxyl groups is 1. The number of carboxylic acid groups (broad SMARTS) is 1. The number of hydrogen-bond donors (Lipinski definition) is 2. The third kappa shape index (κ3) is 4.06. The maximum atomic E-state index is 11.3. The molecule has 0 unspecified atom stereocenters. The van der Waals surface area contributed by atoms with E-state index in [1.165, 1.54) is 4.90 Å². The summed E-state index contributed by atoms with van der Waals surface area (Å²) >= 11 is 0. The van der Waals surface area contributed by atoms with Crippen LogP contribution in [0.3, 0.4) is 0 Å². The standard InChI is InChI=1S/C23H28N6O4/c1-14-11-18-19(12-17(14)16-3-5-28(6-4-16)23(31)32)29(26-22(18)30)21-13-20(24-15(2)25-21)27-7-9-33-10-8-27/h11-13,16H,3-10H2,1-2H3,(H,26,30)(H,31,32). The molecule has 2 aliphatic heterocycles. The van der Waals surface area contributed by atoms with E-state index in [-0.39, 0.29) is 11.8 Å². The third-order valence-electron chi connectivity index (χ3n) is 6.62. The van der Waals surface area contributed by atoms with Crippen LogP contribution in [0.5, 0.6) is 5.88 Å². The van der Waals surface area contributed by atoms with Gasteiger partial charge in [-0.25, -0.2) is 19.4 Å². The number of carbonyl (C=O) groups is 1. The van der Waals surface area contributed by atoms with Crippen LogP contribution in [0.2, 0.25) is 0 Å². The van der Waals surface area contributed by atoms with Gasteiger partial charge in [-0.3, -0.25) is 0 Å². The van der Waals surface area contributed by atoms with Crippen molar-refractivity contribution in [3.63, 3.8) is 0 Å². The SMILES string of the molecule is Cc1nc(N2CCOCC2)cc(-n2nc(O)c3cc(C)c(C4CCN(C(=O)O)CC4)cc32)n1. The Bertz CT molecular complexity index is 1200. The fraction of sp³-hybridized carbons (Fsp3) is 0.478.